The molecule has 4 heterocycles. The van der Waals surface area contributed by atoms with Gasteiger partial charge in [-0.05, 0) is 63.1 Å². The highest BCUT2D eigenvalue weighted by Crippen LogP contribution is 2.39. The van der Waals surface area contributed by atoms with Gasteiger partial charge in [-0.2, -0.15) is 18.2 Å². The van der Waals surface area contributed by atoms with Crippen molar-refractivity contribution < 1.29 is 22.5 Å². The number of hydrogen-bond acceptors (Lipinski definition) is 9. The molecule has 196 valence electrons. The molecule has 36 heavy (non-hydrogen) atoms. The van der Waals surface area contributed by atoms with E-state index in [2.05, 4.69) is 20.2 Å². The first kappa shape index (κ1) is 25.7. The van der Waals surface area contributed by atoms with E-state index in [0.29, 0.717) is 41.3 Å². The van der Waals surface area contributed by atoms with Crippen molar-refractivity contribution in [1.82, 2.24) is 19.9 Å². The van der Waals surface area contributed by atoms with Crippen molar-refractivity contribution in [1.29, 1.82) is 0 Å². The summed E-state index contributed by atoms with van der Waals surface area (Å²) in [6, 6.07) is 0. The van der Waals surface area contributed by atoms with Crippen LogP contribution in [0.15, 0.2) is 22.2 Å². The van der Waals surface area contributed by atoms with Gasteiger partial charge in [-0.3, -0.25) is 4.21 Å². The second-order valence-corrected chi connectivity index (χ2v) is 12.3. The number of halogens is 3. The SMILES string of the molecule is O=[S@@]1CCCCc2nc(N3CCC(c4ncc(SC(F)(F)F)cn4)CC3)nc(NC3(CO)CCC3)c21. The summed E-state index contributed by atoms with van der Waals surface area (Å²) in [7, 11) is -1.19. The number of aryl methyl sites for hydroxylation is 1. The minimum atomic E-state index is -4.36. The maximum Gasteiger partial charge on any atom is 0.446 e. The minimum absolute atomic E-state index is 0.000589. The first-order valence-corrected chi connectivity index (χ1v) is 14.4. The average Bonchev–Trinajstić information content (AvgIpc) is 3.02. The van der Waals surface area contributed by atoms with Gasteiger partial charge in [0.05, 0.1) is 33.5 Å². The van der Waals surface area contributed by atoms with E-state index in [1.54, 1.807) is 0 Å². The van der Waals surface area contributed by atoms with E-state index >= 15 is 0 Å². The maximum absolute atomic E-state index is 13.0. The summed E-state index contributed by atoms with van der Waals surface area (Å²) in [5.74, 6) is 2.34. The third-order valence-electron chi connectivity index (χ3n) is 7.17. The van der Waals surface area contributed by atoms with Crippen molar-refractivity contribution in [2.45, 2.75) is 78.1 Å². The maximum atomic E-state index is 13.0. The molecule has 13 heteroatoms. The second kappa shape index (κ2) is 10.4. The Morgan fingerprint density at radius 1 is 1.14 bits per heavy atom. The molecule has 2 aromatic rings. The van der Waals surface area contributed by atoms with Gasteiger partial charge in [0.1, 0.15) is 16.5 Å². The van der Waals surface area contributed by atoms with Gasteiger partial charge >= 0.3 is 5.51 Å². The van der Waals surface area contributed by atoms with Gasteiger partial charge in [0, 0.05) is 37.2 Å². The van der Waals surface area contributed by atoms with Crippen LogP contribution >= 0.6 is 11.8 Å². The Morgan fingerprint density at radius 2 is 1.86 bits per heavy atom. The third kappa shape index (κ3) is 5.62. The quantitative estimate of drug-likeness (QED) is 0.524. The van der Waals surface area contributed by atoms with E-state index in [4.69, 9.17) is 9.97 Å². The molecule has 2 fully saturated rings. The summed E-state index contributed by atoms with van der Waals surface area (Å²) in [6.07, 6.45) is 9.16. The lowest BCUT2D eigenvalue weighted by Gasteiger charge is -2.42. The number of aliphatic hydroxyl groups excluding tert-OH is 1. The number of aromatic nitrogens is 4. The van der Waals surface area contributed by atoms with Gasteiger partial charge in [0.15, 0.2) is 0 Å². The molecule has 0 unspecified atom stereocenters. The van der Waals surface area contributed by atoms with E-state index in [0.717, 1.165) is 57.1 Å². The summed E-state index contributed by atoms with van der Waals surface area (Å²) in [4.78, 5) is 20.8. The minimum Gasteiger partial charge on any atom is -0.394 e. The summed E-state index contributed by atoms with van der Waals surface area (Å²) >= 11 is -0.214. The molecule has 3 aliphatic rings. The highest BCUT2D eigenvalue weighted by Gasteiger charge is 2.38. The van der Waals surface area contributed by atoms with Crippen molar-refractivity contribution in [3.8, 4) is 0 Å². The highest BCUT2D eigenvalue weighted by atomic mass is 32.2. The third-order valence-corrected chi connectivity index (χ3v) is 9.39. The summed E-state index contributed by atoms with van der Waals surface area (Å²) in [5.41, 5.74) is -3.97. The fourth-order valence-corrected chi connectivity index (χ4v) is 6.86. The van der Waals surface area contributed by atoms with Crippen molar-refractivity contribution in [2.75, 3.05) is 35.7 Å². The molecule has 2 N–H and O–H groups in total. The van der Waals surface area contributed by atoms with Crippen LogP contribution in [0.1, 0.15) is 62.4 Å². The molecule has 0 spiro atoms. The first-order chi connectivity index (χ1) is 17.3. The predicted molar refractivity (Wildman–Crippen MR) is 132 cm³/mol. The van der Waals surface area contributed by atoms with Gasteiger partial charge < -0.3 is 15.3 Å². The average molecular weight is 543 g/mol. The number of rotatable bonds is 6. The lowest BCUT2D eigenvalue weighted by molar-refractivity contribution is -0.0328. The number of nitrogens with one attached hydrogen (secondary N) is 1. The highest BCUT2D eigenvalue weighted by molar-refractivity contribution is 8.00. The van der Waals surface area contributed by atoms with Gasteiger partial charge in [-0.1, -0.05) is 0 Å². The summed E-state index contributed by atoms with van der Waals surface area (Å²) < 4.78 is 50.7. The van der Waals surface area contributed by atoms with E-state index in [-0.39, 0.29) is 29.2 Å². The molecular weight excluding hydrogens is 513 g/mol. The zero-order valence-electron chi connectivity index (χ0n) is 19.8. The Hall–Kier alpha value is -1.99. The molecule has 1 saturated carbocycles. The van der Waals surface area contributed by atoms with Crippen LogP contribution in [0.2, 0.25) is 0 Å². The summed E-state index contributed by atoms with van der Waals surface area (Å²) in [5, 5.41) is 13.4. The van der Waals surface area contributed by atoms with Crippen molar-refractivity contribution in [3.63, 3.8) is 0 Å². The molecule has 1 aliphatic carbocycles. The lowest BCUT2D eigenvalue weighted by Crippen LogP contribution is -2.49. The van der Waals surface area contributed by atoms with Gasteiger partial charge in [-0.15, -0.1) is 0 Å². The number of aliphatic hydroxyl groups is 1. The molecule has 0 aromatic carbocycles. The zero-order valence-corrected chi connectivity index (χ0v) is 21.4. The predicted octanol–water partition coefficient (Wildman–Crippen LogP) is 4.03. The molecule has 8 nitrogen and oxygen atoms in total. The fourth-order valence-electron chi connectivity index (χ4n) is 4.98. The Morgan fingerprint density at radius 3 is 2.47 bits per heavy atom. The number of anilines is 2. The molecule has 2 aromatic heterocycles. The number of fused-ring (bicyclic) bond motifs is 1. The Balaban J connectivity index is 1.33. The Kier molecular flexibility index (Phi) is 7.42. The molecule has 0 amide bonds. The largest absolute Gasteiger partial charge is 0.446 e. The van der Waals surface area contributed by atoms with Gasteiger partial charge in [-0.25, -0.2) is 15.0 Å². The molecule has 0 radical (unpaired) electrons. The summed E-state index contributed by atoms with van der Waals surface area (Å²) in [6.45, 7) is 1.30. The fraction of sp³-hybridized carbons (Fsp3) is 0.652. The van der Waals surface area contributed by atoms with Crippen molar-refractivity contribution in [3.05, 3.63) is 23.9 Å². The molecule has 1 atom stereocenters. The van der Waals surface area contributed by atoms with Crippen molar-refractivity contribution >= 4 is 34.3 Å². The van der Waals surface area contributed by atoms with Crippen LogP contribution in [0.25, 0.3) is 0 Å². The van der Waals surface area contributed by atoms with Crippen LogP contribution in [-0.4, -0.2) is 65.7 Å². The van der Waals surface area contributed by atoms with Gasteiger partial charge in [0.2, 0.25) is 5.95 Å². The number of nitrogens with zero attached hydrogens (tertiary/aromatic N) is 5. The topological polar surface area (TPSA) is 104 Å². The number of piperidine rings is 1. The van der Waals surface area contributed by atoms with Crippen LogP contribution in [0.4, 0.5) is 24.9 Å². The van der Waals surface area contributed by atoms with Gasteiger partial charge in [0.25, 0.3) is 0 Å². The van der Waals surface area contributed by atoms with Crippen LogP contribution in [0.3, 0.4) is 0 Å². The molecule has 1 saturated heterocycles. The van der Waals surface area contributed by atoms with E-state index in [1.807, 2.05) is 0 Å². The smallest absolute Gasteiger partial charge is 0.394 e. The normalized spacial score (nSPS) is 22.4. The standard InChI is InChI=1S/C23H29F3N6O2S2/c24-23(25,26)35-16-12-27-19(28-13-16)15-5-9-32(10-6-15)21-29-17-4-1-2-11-36(34)18(17)20(30-21)31-22(14-33)7-3-8-22/h12-13,15,33H,1-11,14H2,(H,29,30,31)/t36-/m1/s1. The molecule has 2 aliphatic heterocycles. The zero-order chi connectivity index (χ0) is 25.3. The van der Waals surface area contributed by atoms with E-state index in [9.17, 15) is 22.5 Å². The van der Waals surface area contributed by atoms with Crippen LogP contribution < -0.4 is 10.2 Å². The monoisotopic (exact) mass is 542 g/mol. The van der Waals surface area contributed by atoms with E-state index < -0.39 is 21.8 Å². The van der Waals surface area contributed by atoms with Crippen LogP contribution in [-0.2, 0) is 17.2 Å². The van der Waals surface area contributed by atoms with E-state index in [1.165, 1.54) is 12.4 Å². The number of thioether (sulfide) groups is 1. The Labute approximate surface area is 214 Å². The second-order valence-electron chi connectivity index (χ2n) is 9.66. The number of hydrogen-bond donors (Lipinski definition) is 2. The first-order valence-electron chi connectivity index (χ1n) is 12.3. The molecule has 0 bridgehead atoms. The Bertz CT molecular complexity index is 1100. The van der Waals surface area contributed by atoms with Crippen LogP contribution in [0.5, 0.6) is 0 Å². The van der Waals surface area contributed by atoms with Crippen LogP contribution in [0, 0.1) is 0 Å². The number of alkyl halides is 3. The van der Waals surface area contributed by atoms with Crippen molar-refractivity contribution in [2.24, 2.45) is 0 Å². The molecule has 5 rings (SSSR count). The lowest BCUT2D eigenvalue weighted by atomic mass is 9.77. The molecular formula is C23H29F3N6O2S2.